The van der Waals surface area contributed by atoms with E-state index in [0.717, 1.165) is 16.5 Å². The van der Waals surface area contributed by atoms with Crippen LogP contribution in [0.2, 0.25) is 0 Å². The normalized spacial score (nSPS) is 10.6. The SMILES string of the molecule is CCCc1nn(Cc2ccccc2Br)c(=O)c(C(=O)OCC)c1O. The zero-order chi connectivity index (χ0) is 17.7. The summed E-state index contributed by atoms with van der Waals surface area (Å²) in [5.74, 6) is -1.22. The van der Waals surface area contributed by atoms with Crippen molar-refractivity contribution in [3.63, 3.8) is 0 Å². The van der Waals surface area contributed by atoms with E-state index in [1.54, 1.807) is 6.92 Å². The number of carbonyl (C=O) groups excluding carboxylic acids is 1. The van der Waals surface area contributed by atoms with Gasteiger partial charge in [0.05, 0.1) is 13.2 Å². The van der Waals surface area contributed by atoms with Crippen LogP contribution in [0.25, 0.3) is 0 Å². The zero-order valence-electron chi connectivity index (χ0n) is 13.6. The Morgan fingerprint density at radius 2 is 2.04 bits per heavy atom. The molecule has 0 aliphatic carbocycles. The van der Waals surface area contributed by atoms with Gasteiger partial charge in [0, 0.05) is 4.47 Å². The number of halogens is 1. The number of ether oxygens (including phenoxy) is 1. The van der Waals surface area contributed by atoms with E-state index in [0.29, 0.717) is 12.1 Å². The number of aromatic nitrogens is 2. The molecule has 24 heavy (non-hydrogen) atoms. The Morgan fingerprint density at radius 1 is 1.33 bits per heavy atom. The molecule has 1 N–H and O–H groups in total. The molecule has 2 aromatic rings. The molecule has 0 atom stereocenters. The summed E-state index contributed by atoms with van der Waals surface area (Å²) in [7, 11) is 0. The number of aryl methyl sites for hydroxylation is 1. The zero-order valence-corrected chi connectivity index (χ0v) is 15.2. The lowest BCUT2D eigenvalue weighted by Gasteiger charge is -2.13. The second-order valence-electron chi connectivity index (χ2n) is 5.19. The lowest BCUT2D eigenvalue weighted by Crippen LogP contribution is -2.31. The summed E-state index contributed by atoms with van der Waals surface area (Å²) in [4.78, 5) is 24.7. The fourth-order valence-corrected chi connectivity index (χ4v) is 2.71. The molecule has 6 nitrogen and oxygen atoms in total. The van der Waals surface area contributed by atoms with Crippen LogP contribution in [0.1, 0.15) is 41.9 Å². The average molecular weight is 395 g/mol. The van der Waals surface area contributed by atoms with Crippen LogP contribution >= 0.6 is 15.9 Å². The summed E-state index contributed by atoms with van der Waals surface area (Å²) >= 11 is 3.43. The van der Waals surface area contributed by atoms with Gasteiger partial charge in [-0.2, -0.15) is 5.10 Å². The van der Waals surface area contributed by atoms with Gasteiger partial charge in [-0.05, 0) is 25.0 Å². The van der Waals surface area contributed by atoms with E-state index in [2.05, 4.69) is 21.0 Å². The first-order valence-corrected chi connectivity index (χ1v) is 8.52. The Morgan fingerprint density at radius 3 is 2.67 bits per heavy atom. The molecule has 128 valence electrons. The van der Waals surface area contributed by atoms with E-state index in [-0.39, 0.29) is 24.5 Å². The van der Waals surface area contributed by atoms with Crippen LogP contribution in [0.4, 0.5) is 0 Å². The Labute approximate surface area is 148 Å². The molecule has 0 aliphatic rings. The summed E-state index contributed by atoms with van der Waals surface area (Å²) in [5.41, 5.74) is 0.131. The van der Waals surface area contributed by atoms with Crippen molar-refractivity contribution in [2.45, 2.75) is 33.2 Å². The van der Waals surface area contributed by atoms with Crippen LogP contribution in [-0.2, 0) is 17.7 Å². The molecule has 0 fully saturated rings. The molecule has 0 unspecified atom stereocenters. The van der Waals surface area contributed by atoms with E-state index in [4.69, 9.17) is 4.74 Å². The van der Waals surface area contributed by atoms with Crippen LogP contribution < -0.4 is 5.56 Å². The van der Waals surface area contributed by atoms with E-state index >= 15 is 0 Å². The molecule has 1 heterocycles. The number of hydrogen-bond donors (Lipinski definition) is 1. The van der Waals surface area contributed by atoms with Crippen molar-refractivity contribution in [1.29, 1.82) is 0 Å². The summed E-state index contributed by atoms with van der Waals surface area (Å²) in [6.45, 7) is 3.87. The van der Waals surface area contributed by atoms with Crippen molar-refractivity contribution in [2.75, 3.05) is 6.61 Å². The van der Waals surface area contributed by atoms with Gasteiger partial charge in [0.15, 0.2) is 11.3 Å². The molecule has 1 aromatic heterocycles. The van der Waals surface area contributed by atoms with E-state index in [1.807, 2.05) is 31.2 Å². The molecule has 0 spiro atoms. The minimum atomic E-state index is -0.833. The standard InChI is InChI=1S/C17H19BrN2O4/c1-3-7-13-15(21)14(17(23)24-4-2)16(22)20(19-13)10-11-8-5-6-9-12(11)18/h5-6,8-9,21H,3-4,7,10H2,1-2H3. The highest BCUT2D eigenvalue weighted by molar-refractivity contribution is 9.10. The molecule has 0 bridgehead atoms. The van der Waals surface area contributed by atoms with Crippen molar-refractivity contribution in [3.8, 4) is 5.75 Å². The van der Waals surface area contributed by atoms with Gasteiger partial charge in [0.2, 0.25) is 0 Å². The van der Waals surface area contributed by atoms with Crippen molar-refractivity contribution in [1.82, 2.24) is 9.78 Å². The van der Waals surface area contributed by atoms with Crippen molar-refractivity contribution in [3.05, 3.63) is 55.9 Å². The number of rotatable bonds is 6. The van der Waals surface area contributed by atoms with Crippen molar-refractivity contribution < 1.29 is 14.6 Å². The van der Waals surface area contributed by atoms with Gasteiger partial charge in [-0.1, -0.05) is 47.5 Å². The predicted molar refractivity (Wildman–Crippen MR) is 93.4 cm³/mol. The number of esters is 1. The molecule has 0 saturated heterocycles. The van der Waals surface area contributed by atoms with Gasteiger partial charge in [-0.15, -0.1) is 0 Å². The molecule has 0 saturated carbocycles. The first-order chi connectivity index (χ1) is 11.5. The molecular formula is C17H19BrN2O4. The molecule has 0 amide bonds. The van der Waals surface area contributed by atoms with Gasteiger partial charge >= 0.3 is 5.97 Å². The third-order valence-corrected chi connectivity index (χ3v) is 4.22. The maximum atomic E-state index is 12.6. The largest absolute Gasteiger partial charge is 0.505 e. The van der Waals surface area contributed by atoms with Crippen molar-refractivity contribution in [2.24, 2.45) is 0 Å². The van der Waals surface area contributed by atoms with E-state index < -0.39 is 11.5 Å². The summed E-state index contributed by atoms with van der Waals surface area (Å²) in [5, 5.41) is 14.5. The van der Waals surface area contributed by atoms with Crippen LogP contribution in [0.3, 0.4) is 0 Å². The highest BCUT2D eigenvalue weighted by Gasteiger charge is 2.24. The van der Waals surface area contributed by atoms with Gasteiger partial charge < -0.3 is 9.84 Å². The fourth-order valence-electron chi connectivity index (χ4n) is 2.30. The van der Waals surface area contributed by atoms with Gasteiger partial charge in [0.25, 0.3) is 5.56 Å². The van der Waals surface area contributed by atoms with Gasteiger partial charge in [-0.25, -0.2) is 9.48 Å². The summed E-state index contributed by atoms with van der Waals surface area (Å²) in [6.07, 6.45) is 1.17. The Bertz CT molecular complexity index is 802. The second kappa shape index (κ2) is 8.10. The summed E-state index contributed by atoms with van der Waals surface area (Å²) in [6, 6.07) is 7.44. The highest BCUT2D eigenvalue weighted by atomic mass is 79.9. The monoisotopic (exact) mass is 394 g/mol. The smallest absolute Gasteiger partial charge is 0.347 e. The Hall–Kier alpha value is -2.15. The lowest BCUT2D eigenvalue weighted by atomic mass is 10.1. The topological polar surface area (TPSA) is 81.4 Å². The van der Waals surface area contributed by atoms with Crippen molar-refractivity contribution >= 4 is 21.9 Å². The Balaban J connectivity index is 2.57. The number of nitrogens with zero attached hydrogens (tertiary/aromatic N) is 2. The van der Waals surface area contributed by atoms with Crippen LogP contribution in [0, 0.1) is 0 Å². The first kappa shape index (κ1) is 18.2. The maximum Gasteiger partial charge on any atom is 0.347 e. The lowest BCUT2D eigenvalue weighted by molar-refractivity contribution is 0.0519. The van der Waals surface area contributed by atoms with E-state index in [9.17, 15) is 14.7 Å². The molecule has 2 rings (SSSR count). The van der Waals surface area contributed by atoms with Crippen LogP contribution in [0.5, 0.6) is 5.75 Å². The Kier molecular flexibility index (Phi) is 6.14. The number of hydrogen-bond acceptors (Lipinski definition) is 5. The fraction of sp³-hybridized carbons (Fsp3) is 0.353. The minimum absolute atomic E-state index is 0.118. The summed E-state index contributed by atoms with van der Waals surface area (Å²) < 4.78 is 6.93. The second-order valence-corrected chi connectivity index (χ2v) is 6.05. The molecule has 0 aliphatic heterocycles. The van der Waals surface area contributed by atoms with Gasteiger partial charge in [0.1, 0.15) is 5.69 Å². The quantitative estimate of drug-likeness (QED) is 0.761. The number of benzene rings is 1. The third kappa shape index (κ3) is 3.84. The number of aromatic hydroxyl groups is 1. The third-order valence-electron chi connectivity index (χ3n) is 3.44. The van der Waals surface area contributed by atoms with E-state index in [1.165, 1.54) is 4.68 Å². The molecule has 0 radical (unpaired) electrons. The highest BCUT2D eigenvalue weighted by Crippen LogP contribution is 2.21. The van der Waals surface area contributed by atoms with Gasteiger partial charge in [-0.3, -0.25) is 4.79 Å². The molecule has 1 aromatic carbocycles. The predicted octanol–water partition coefficient (Wildman–Crippen LogP) is 2.89. The maximum absolute atomic E-state index is 12.6. The first-order valence-electron chi connectivity index (χ1n) is 7.73. The minimum Gasteiger partial charge on any atom is -0.505 e. The average Bonchev–Trinajstić information content (AvgIpc) is 2.54. The van der Waals surface area contributed by atoms with Crippen LogP contribution in [-0.4, -0.2) is 27.5 Å². The molecular weight excluding hydrogens is 376 g/mol. The van der Waals surface area contributed by atoms with Crippen LogP contribution in [0.15, 0.2) is 33.5 Å². The number of carbonyl (C=O) groups is 1. The molecule has 7 heteroatoms.